The number of carboxylic acids is 1. The largest absolute Gasteiger partial charge is 0.481 e. The van der Waals surface area contributed by atoms with Crippen LogP contribution in [0.3, 0.4) is 0 Å². The summed E-state index contributed by atoms with van der Waals surface area (Å²) in [5, 5.41) is 9.20. The molecule has 1 saturated heterocycles. The summed E-state index contributed by atoms with van der Waals surface area (Å²) in [6, 6.07) is 0. The van der Waals surface area contributed by atoms with E-state index < -0.39 is 29.1 Å². The number of carbonyl (C=O) groups is 2. The van der Waals surface area contributed by atoms with Crippen molar-refractivity contribution in [2.45, 2.75) is 58.7 Å². The van der Waals surface area contributed by atoms with E-state index in [2.05, 4.69) is 0 Å². The fourth-order valence-corrected chi connectivity index (χ4v) is 1.98. The Morgan fingerprint density at radius 2 is 2.06 bits per heavy atom. The predicted octanol–water partition coefficient (Wildman–Crippen LogP) is 1.99. The molecule has 1 heterocycles. The Morgan fingerprint density at radius 1 is 1.44 bits per heavy atom. The smallest absolute Gasteiger partial charge is 0.335 e. The van der Waals surface area contributed by atoms with Gasteiger partial charge < -0.3 is 14.6 Å². The Labute approximate surface area is 107 Å². The number of ether oxygens (including phenoxy) is 2. The average molecular weight is 258 g/mol. The van der Waals surface area contributed by atoms with Crippen molar-refractivity contribution in [1.82, 2.24) is 0 Å². The lowest BCUT2D eigenvalue weighted by molar-refractivity contribution is -0.183. The molecule has 1 fully saturated rings. The van der Waals surface area contributed by atoms with E-state index in [1.165, 1.54) is 0 Å². The second-order valence-electron chi connectivity index (χ2n) is 5.81. The molecule has 0 aromatic heterocycles. The summed E-state index contributed by atoms with van der Waals surface area (Å²) in [5.74, 6) is -1.26. The van der Waals surface area contributed by atoms with E-state index in [0.29, 0.717) is 19.3 Å². The van der Waals surface area contributed by atoms with Crippen molar-refractivity contribution >= 4 is 11.9 Å². The normalized spacial score (nSPS) is 28.8. The Balaban J connectivity index is 2.58. The number of carboxylic acid groups (broad SMARTS) is 1. The maximum Gasteiger partial charge on any atom is 0.335 e. The van der Waals surface area contributed by atoms with Gasteiger partial charge in [-0.05, 0) is 40.0 Å². The van der Waals surface area contributed by atoms with Crippen molar-refractivity contribution in [2.75, 3.05) is 6.61 Å². The van der Waals surface area contributed by atoms with Gasteiger partial charge in [0.1, 0.15) is 5.60 Å². The highest BCUT2D eigenvalue weighted by Gasteiger charge is 2.43. The van der Waals surface area contributed by atoms with Gasteiger partial charge in [0, 0.05) is 0 Å². The molecule has 2 unspecified atom stereocenters. The molecule has 0 spiro atoms. The molecule has 0 aromatic rings. The Kier molecular flexibility index (Phi) is 4.37. The third-order valence-corrected chi connectivity index (χ3v) is 3.25. The summed E-state index contributed by atoms with van der Waals surface area (Å²) in [6.07, 6.45) is 0.713. The van der Waals surface area contributed by atoms with Crippen molar-refractivity contribution in [3.8, 4) is 0 Å². The number of esters is 1. The van der Waals surface area contributed by atoms with Crippen LogP contribution in [-0.2, 0) is 19.1 Å². The van der Waals surface area contributed by atoms with E-state index >= 15 is 0 Å². The molecule has 1 rings (SSSR count). The van der Waals surface area contributed by atoms with Crippen molar-refractivity contribution in [3.63, 3.8) is 0 Å². The van der Waals surface area contributed by atoms with Crippen molar-refractivity contribution in [1.29, 1.82) is 0 Å². The molecule has 104 valence electrons. The highest BCUT2D eigenvalue weighted by Crippen LogP contribution is 2.35. The van der Waals surface area contributed by atoms with Crippen LogP contribution in [0.4, 0.5) is 0 Å². The minimum atomic E-state index is -0.854. The van der Waals surface area contributed by atoms with Gasteiger partial charge in [0.2, 0.25) is 0 Å². The van der Waals surface area contributed by atoms with Gasteiger partial charge in [-0.2, -0.15) is 0 Å². The van der Waals surface area contributed by atoms with Gasteiger partial charge in [-0.15, -0.1) is 0 Å². The van der Waals surface area contributed by atoms with Gasteiger partial charge in [-0.1, -0.05) is 6.92 Å². The zero-order chi connectivity index (χ0) is 14.0. The molecular weight excluding hydrogens is 236 g/mol. The van der Waals surface area contributed by atoms with E-state index in [9.17, 15) is 14.7 Å². The first-order valence-corrected chi connectivity index (χ1v) is 6.28. The summed E-state index contributed by atoms with van der Waals surface area (Å²) in [5.41, 5.74) is -1.40. The van der Waals surface area contributed by atoms with Crippen LogP contribution in [0, 0.1) is 5.41 Å². The van der Waals surface area contributed by atoms with Crippen molar-refractivity contribution < 1.29 is 24.2 Å². The zero-order valence-corrected chi connectivity index (χ0v) is 11.5. The molecule has 1 aliphatic heterocycles. The molecule has 0 bridgehead atoms. The number of hydrogen-bond donors (Lipinski definition) is 1. The first-order valence-electron chi connectivity index (χ1n) is 6.28. The second-order valence-corrected chi connectivity index (χ2v) is 5.81. The molecule has 0 radical (unpaired) electrons. The topological polar surface area (TPSA) is 72.8 Å². The molecule has 5 nitrogen and oxygen atoms in total. The summed E-state index contributed by atoms with van der Waals surface area (Å²) >= 11 is 0. The minimum absolute atomic E-state index is 0.0722. The lowest BCUT2D eigenvalue weighted by Crippen LogP contribution is -2.45. The molecule has 2 atom stereocenters. The van der Waals surface area contributed by atoms with Gasteiger partial charge in [-0.25, -0.2) is 4.79 Å². The molecule has 0 amide bonds. The van der Waals surface area contributed by atoms with Crippen LogP contribution < -0.4 is 0 Å². The lowest BCUT2D eigenvalue weighted by Gasteiger charge is -2.36. The standard InChI is InChI=1S/C13H22O5/c1-5-13(11(15)16)7-6-9(17-8-13)10(14)18-12(2,3)4/h9H,5-8H2,1-4H3,(H,15,16). The first-order chi connectivity index (χ1) is 8.20. The fraction of sp³-hybridized carbons (Fsp3) is 0.846. The zero-order valence-electron chi connectivity index (χ0n) is 11.5. The minimum Gasteiger partial charge on any atom is -0.481 e. The lowest BCUT2D eigenvalue weighted by atomic mass is 9.79. The monoisotopic (exact) mass is 258 g/mol. The van der Waals surface area contributed by atoms with E-state index in [1.807, 2.05) is 6.92 Å². The van der Waals surface area contributed by atoms with Gasteiger partial charge in [-0.3, -0.25) is 4.79 Å². The van der Waals surface area contributed by atoms with Crippen molar-refractivity contribution in [2.24, 2.45) is 5.41 Å². The summed E-state index contributed by atoms with van der Waals surface area (Å²) < 4.78 is 10.6. The molecule has 1 aliphatic rings. The predicted molar refractivity (Wildman–Crippen MR) is 65.2 cm³/mol. The van der Waals surface area contributed by atoms with Crippen LogP contribution in [0.25, 0.3) is 0 Å². The average Bonchev–Trinajstić information content (AvgIpc) is 2.26. The number of rotatable bonds is 3. The van der Waals surface area contributed by atoms with Crippen LogP contribution in [-0.4, -0.2) is 35.4 Å². The quantitative estimate of drug-likeness (QED) is 0.784. The number of carbonyl (C=O) groups excluding carboxylic acids is 1. The SMILES string of the molecule is CCC1(C(=O)O)CCC(C(=O)OC(C)(C)C)OC1. The van der Waals surface area contributed by atoms with Crippen LogP contribution in [0.2, 0.25) is 0 Å². The fourth-order valence-electron chi connectivity index (χ4n) is 1.98. The number of hydrogen-bond acceptors (Lipinski definition) is 4. The number of aliphatic carboxylic acids is 1. The van der Waals surface area contributed by atoms with Gasteiger partial charge >= 0.3 is 11.9 Å². The maximum absolute atomic E-state index is 11.8. The van der Waals surface area contributed by atoms with E-state index in [4.69, 9.17) is 9.47 Å². The summed E-state index contributed by atoms with van der Waals surface area (Å²) in [7, 11) is 0. The van der Waals surface area contributed by atoms with Crippen LogP contribution in [0.15, 0.2) is 0 Å². The first kappa shape index (κ1) is 15.0. The Morgan fingerprint density at radius 3 is 2.39 bits per heavy atom. The van der Waals surface area contributed by atoms with E-state index in [0.717, 1.165) is 0 Å². The molecule has 5 heteroatoms. The second kappa shape index (κ2) is 5.26. The Hall–Kier alpha value is -1.10. The third kappa shape index (κ3) is 3.45. The molecular formula is C13H22O5. The van der Waals surface area contributed by atoms with Gasteiger partial charge in [0.15, 0.2) is 6.10 Å². The Bertz CT molecular complexity index is 321. The molecule has 1 N–H and O–H groups in total. The van der Waals surface area contributed by atoms with Gasteiger partial charge in [0.25, 0.3) is 0 Å². The molecule has 0 aromatic carbocycles. The van der Waals surface area contributed by atoms with Crippen LogP contribution in [0.1, 0.15) is 47.0 Å². The maximum atomic E-state index is 11.8. The summed E-state index contributed by atoms with van der Waals surface area (Å²) in [6.45, 7) is 7.28. The van der Waals surface area contributed by atoms with Crippen LogP contribution >= 0.6 is 0 Å². The van der Waals surface area contributed by atoms with E-state index in [-0.39, 0.29) is 6.61 Å². The van der Waals surface area contributed by atoms with Gasteiger partial charge in [0.05, 0.1) is 12.0 Å². The highest BCUT2D eigenvalue weighted by atomic mass is 16.6. The van der Waals surface area contributed by atoms with E-state index in [1.54, 1.807) is 20.8 Å². The van der Waals surface area contributed by atoms with Crippen molar-refractivity contribution in [3.05, 3.63) is 0 Å². The summed E-state index contributed by atoms with van der Waals surface area (Å²) in [4.78, 5) is 23.0. The molecule has 18 heavy (non-hydrogen) atoms. The highest BCUT2D eigenvalue weighted by molar-refractivity contribution is 5.77. The van der Waals surface area contributed by atoms with Crippen LogP contribution in [0.5, 0.6) is 0 Å². The molecule has 0 saturated carbocycles. The molecule has 0 aliphatic carbocycles. The third-order valence-electron chi connectivity index (χ3n) is 3.25.